The van der Waals surface area contributed by atoms with E-state index in [1.807, 2.05) is 19.9 Å². The summed E-state index contributed by atoms with van der Waals surface area (Å²) in [5.41, 5.74) is 1.18. The van der Waals surface area contributed by atoms with E-state index >= 15 is 0 Å². The van der Waals surface area contributed by atoms with Crippen LogP contribution in [-0.4, -0.2) is 26.7 Å². The summed E-state index contributed by atoms with van der Waals surface area (Å²) in [6.07, 6.45) is -1.96. The lowest BCUT2D eigenvalue weighted by molar-refractivity contribution is -0.141. The van der Waals surface area contributed by atoms with Gasteiger partial charge < -0.3 is 5.32 Å². The van der Waals surface area contributed by atoms with E-state index in [1.54, 1.807) is 6.20 Å². The predicted octanol–water partition coefficient (Wildman–Crippen LogP) is 3.06. The normalized spacial score (nSPS) is 13.9. The maximum absolute atomic E-state index is 12.8. The third-order valence-electron chi connectivity index (χ3n) is 3.31. The number of aliphatic imine (C=N–C) groups is 1. The number of hydrogen-bond donors (Lipinski definition) is 1. The van der Waals surface area contributed by atoms with Crippen molar-refractivity contribution in [3.8, 4) is 0 Å². The van der Waals surface area contributed by atoms with Crippen molar-refractivity contribution in [2.75, 3.05) is 5.32 Å². The van der Waals surface area contributed by atoms with Crippen molar-refractivity contribution in [1.82, 2.24) is 15.0 Å². The van der Waals surface area contributed by atoms with Gasteiger partial charge in [-0.2, -0.15) is 13.2 Å². The number of nitrogens with one attached hydrogen (secondary N) is 1. The van der Waals surface area contributed by atoms with E-state index in [9.17, 15) is 13.2 Å². The van der Waals surface area contributed by atoms with Crippen molar-refractivity contribution in [3.63, 3.8) is 0 Å². The summed E-state index contributed by atoms with van der Waals surface area (Å²) >= 11 is 0. The number of fused-ring (bicyclic) bond motifs is 1. The van der Waals surface area contributed by atoms with Gasteiger partial charge in [-0.3, -0.25) is 4.99 Å². The molecule has 23 heavy (non-hydrogen) atoms. The molecule has 3 heterocycles. The minimum absolute atomic E-state index is 0.131. The van der Waals surface area contributed by atoms with E-state index in [2.05, 4.69) is 25.3 Å². The lowest BCUT2D eigenvalue weighted by atomic mass is 10.0. The Kier molecular flexibility index (Phi) is 3.75. The first-order valence-electron chi connectivity index (χ1n) is 7.05. The van der Waals surface area contributed by atoms with Crippen LogP contribution in [0.1, 0.15) is 36.4 Å². The molecule has 5 nitrogen and oxygen atoms in total. The van der Waals surface area contributed by atoms with Gasteiger partial charge in [0.25, 0.3) is 0 Å². The van der Waals surface area contributed by atoms with Crippen LogP contribution in [0.3, 0.4) is 0 Å². The van der Waals surface area contributed by atoms with Crippen molar-refractivity contribution < 1.29 is 13.2 Å². The van der Waals surface area contributed by atoms with Crippen molar-refractivity contribution in [1.29, 1.82) is 0 Å². The molecular formula is C15H14F3N5. The maximum atomic E-state index is 12.8. The molecule has 1 aliphatic rings. The molecule has 2 aromatic rings. The highest BCUT2D eigenvalue weighted by atomic mass is 19.4. The van der Waals surface area contributed by atoms with Crippen molar-refractivity contribution in [2.24, 2.45) is 4.99 Å². The summed E-state index contributed by atoms with van der Waals surface area (Å²) in [4.78, 5) is 15.9. The molecule has 0 bridgehead atoms. The molecule has 0 spiro atoms. The number of pyridine rings is 1. The fraction of sp³-hybridized carbons (Fsp3) is 0.333. The van der Waals surface area contributed by atoms with Crippen molar-refractivity contribution >= 4 is 11.5 Å². The Labute approximate surface area is 130 Å². The molecule has 1 N–H and O–H groups in total. The molecule has 3 rings (SSSR count). The van der Waals surface area contributed by atoms with Gasteiger partial charge in [0.15, 0.2) is 0 Å². The molecule has 8 heteroatoms. The van der Waals surface area contributed by atoms with Gasteiger partial charge in [0, 0.05) is 17.8 Å². The lowest BCUT2D eigenvalue weighted by Gasteiger charge is -2.14. The summed E-state index contributed by atoms with van der Waals surface area (Å²) in [7, 11) is 0. The topological polar surface area (TPSA) is 63.1 Å². The summed E-state index contributed by atoms with van der Waals surface area (Å²) in [6.45, 7) is 4.31. The molecule has 0 aliphatic carbocycles. The number of hydrogen-bond acceptors (Lipinski definition) is 5. The Hall–Kier alpha value is -2.51. The SMILES string of the molecule is CC(C)Nc1nccc2c1C(c1cc(C(F)(F)F)ncn1)=NC2. The molecule has 0 saturated heterocycles. The smallest absolute Gasteiger partial charge is 0.367 e. The quantitative estimate of drug-likeness (QED) is 0.944. The van der Waals surface area contributed by atoms with E-state index in [0.717, 1.165) is 18.0 Å². The summed E-state index contributed by atoms with van der Waals surface area (Å²) in [6, 6.07) is 2.86. The fourth-order valence-electron chi connectivity index (χ4n) is 2.37. The van der Waals surface area contributed by atoms with E-state index in [0.29, 0.717) is 23.6 Å². The third kappa shape index (κ3) is 3.01. The second-order valence-electron chi connectivity index (χ2n) is 5.44. The predicted molar refractivity (Wildman–Crippen MR) is 79.4 cm³/mol. The van der Waals surface area contributed by atoms with Gasteiger partial charge in [0.2, 0.25) is 0 Å². The van der Waals surface area contributed by atoms with Crippen LogP contribution in [0.4, 0.5) is 19.0 Å². The van der Waals surface area contributed by atoms with Crippen LogP contribution in [0, 0.1) is 0 Å². The Morgan fingerprint density at radius 3 is 2.65 bits per heavy atom. The van der Waals surface area contributed by atoms with Gasteiger partial charge in [-0.25, -0.2) is 15.0 Å². The van der Waals surface area contributed by atoms with E-state index < -0.39 is 11.9 Å². The van der Waals surface area contributed by atoms with Gasteiger partial charge in [-0.15, -0.1) is 0 Å². The fourth-order valence-corrected chi connectivity index (χ4v) is 2.37. The number of aromatic nitrogens is 3. The average molecular weight is 321 g/mol. The summed E-state index contributed by atoms with van der Waals surface area (Å²) in [5.74, 6) is 0.598. The zero-order valence-corrected chi connectivity index (χ0v) is 12.5. The molecule has 0 aromatic carbocycles. The highest BCUT2D eigenvalue weighted by Gasteiger charge is 2.34. The standard InChI is InChI=1S/C15H14F3N5/c1-8(2)23-14-12-9(3-4-19-14)6-20-13(12)10-5-11(15(16,17)18)22-7-21-10/h3-5,7-8H,6H2,1-2H3,(H,19,23). The van der Waals surface area contributed by atoms with Crippen LogP contribution in [0.15, 0.2) is 29.6 Å². The molecule has 0 radical (unpaired) electrons. The van der Waals surface area contributed by atoms with Gasteiger partial charge in [-0.1, -0.05) is 0 Å². The van der Waals surface area contributed by atoms with Crippen molar-refractivity contribution in [3.05, 3.63) is 47.2 Å². The first kappa shape index (κ1) is 15.4. The lowest BCUT2D eigenvalue weighted by Crippen LogP contribution is -2.17. The van der Waals surface area contributed by atoms with E-state index in [4.69, 9.17) is 0 Å². The monoisotopic (exact) mass is 321 g/mol. The van der Waals surface area contributed by atoms with Crippen LogP contribution >= 0.6 is 0 Å². The van der Waals surface area contributed by atoms with E-state index in [-0.39, 0.29) is 11.7 Å². The molecule has 1 aliphatic heterocycles. The van der Waals surface area contributed by atoms with E-state index in [1.165, 1.54) is 0 Å². The average Bonchev–Trinajstić information content (AvgIpc) is 2.91. The molecule has 120 valence electrons. The minimum atomic E-state index is -4.52. The Morgan fingerprint density at radius 2 is 1.96 bits per heavy atom. The van der Waals surface area contributed by atoms with Gasteiger partial charge in [0.1, 0.15) is 17.8 Å². The Bertz CT molecular complexity index is 768. The highest BCUT2D eigenvalue weighted by Crippen LogP contribution is 2.31. The van der Waals surface area contributed by atoms with Gasteiger partial charge in [-0.05, 0) is 31.5 Å². The van der Waals surface area contributed by atoms with Crippen LogP contribution in [-0.2, 0) is 12.7 Å². The van der Waals surface area contributed by atoms with Gasteiger partial charge in [0.05, 0.1) is 18.0 Å². The zero-order valence-electron chi connectivity index (χ0n) is 12.5. The molecule has 0 saturated carbocycles. The maximum Gasteiger partial charge on any atom is 0.433 e. The highest BCUT2D eigenvalue weighted by molar-refractivity contribution is 6.16. The first-order valence-corrected chi connectivity index (χ1v) is 7.05. The molecule has 2 aromatic heterocycles. The summed E-state index contributed by atoms with van der Waals surface area (Å²) < 4.78 is 38.5. The molecular weight excluding hydrogens is 307 g/mol. The molecule has 0 atom stereocenters. The minimum Gasteiger partial charge on any atom is -0.367 e. The largest absolute Gasteiger partial charge is 0.433 e. The number of rotatable bonds is 3. The van der Waals surface area contributed by atoms with Crippen LogP contribution < -0.4 is 5.32 Å². The first-order chi connectivity index (χ1) is 10.9. The molecule has 0 unspecified atom stereocenters. The Balaban J connectivity index is 2.06. The second kappa shape index (κ2) is 5.60. The number of anilines is 1. The molecule has 0 fully saturated rings. The van der Waals surface area contributed by atoms with Crippen molar-refractivity contribution in [2.45, 2.75) is 32.6 Å². The second-order valence-corrected chi connectivity index (χ2v) is 5.44. The number of nitrogens with zero attached hydrogens (tertiary/aromatic N) is 4. The molecule has 0 amide bonds. The van der Waals surface area contributed by atoms with Crippen LogP contribution in [0.2, 0.25) is 0 Å². The Morgan fingerprint density at radius 1 is 1.17 bits per heavy atom. The van der Waals surface area contributed by atoms with Crippen LogP contribution in [0.25, 0.3) is 0 Å². The number of alkyl halides is 3. The van der Waals surface area contributed by atoms with Gasteiger partial charge >= 0.3 is 6.18 Å². The van der Waals surface area contributed by atoms with Crippen LogP contribution in [0.5, 0.6) is 0 Å². The number of halogens is 3. The summed E-state index contributed by atoms with van der Waals surface area (Å²) in [5, 5.41) is 3.19. The third-order valence-corrected chi connectivity index (χ3v) is 3.31. The zero-order chi connectivity index (χ0) is 16.6.